The van der Waals surface area contributed by atoms with E-state index < -0.39 is 6.04 Å². The highest BCUT2D eigenvalue weighted by Crippen LogP contribution is 2.22. The molecule has 0 spiro atoms. The molecular weight excluding hydrogens is 405 g/mol. The van der Waals surface area contributed by atoms with Crippen molar-refractivity contribution in [2.75, 3.05) is 19.6 Å². The topological polar surface area (TPSA) is 91.7 Å². The molecular formula is C19H19Cl2N3O4. The summed E-state index contributed by atoms with van der Waals surface area (Å²) in [6, 6.07) is 7.27. The van der Waals surface area contributed by atoms with Gasteiger partial charge in [-0.1, -0.05) is 23.2 Å². The summed E-state index contributed by atoms with van der Waals surface area (Å²) in [4.78, 5) is 38.5. The van der Waals surface area contributed by atoms with Gasteiger partial charge < -0.3 is 20.0 Å². The molecule has 0 bridgehead atoms. The standard InChI is InChI=1S/C19H19Cl2N3O4/c20-13-6-5-12(11-14(13)21)17(25)22-7-8-23-18(26)15-3-1-9-24(15)19(27)16-4-2-10-28-16/h2,4-6,10-11,15H,1,3,7-9H2,(H,22,25)(H,23,26). The SMILES string of the molecule is O=C(NCCNC(=O)C1CCCN1C(=O)c1ccco1)c1ccc(Cl)c(Cl)c1. The first kappa shape index (κ1) is 20.2. The smallest absolute Gasteiger partial charge is 0.290 e. The van der Waals surface area contributed by atoms with Crippen molar-refractivity contribution < 1.29 is 18.8 Å². The third kappa shape index (κ3) is 4.66. The molecule has 7 nitrogen and oxygen atoms in total. The Morgan fingerprint density at radius 3 is 2.61 bits per heavy atom. The minimum Gasteiger partial charge on any atom is -0.459 e. The highest BCUT2D eigenvalue weighted by atomic mass is 35.5. The van der Waals surface area contributed by atoms with Gasteiger partial charge in [-0.2, -0.15) is 0 Å². The lowest BCUT2D eigenvalue weighted by atomic mass is 10.2. The molecule has 1 aromatic carbocycles. The Morgan fingerprint density at radius 2 is 1.89 bits per heavy atom. The van der Waals surface area contributed by atoms with Crippen LogP contribution in [-0.2, 0) is 4.79 Å². The summed E-state index contributed by atoms with van der Waals surface area (Å²) in [5.74, 6) is -0.645. The molecule has 3 rings (SSSR count). The van der Waals surface area contributed by atoms with E-state index in [0.717, 1.165) is 6.42 Å². The number of nitrogens with zero attached hydrogens (tertiary/aromatic N) is 1. The number of benzene rings is 1. The van der Waals surface area contributed by atoms with Gasteiger partial charge in [0.05, 0.1) is 16.3 Å². The van der Waals surface area contributed by atoms with E-state index in [-0.39, 0.29) is 36.6 Å². The van der Waals surface area contributed by atoms with Crippen LogP contribution in [0.1, 0.15) is 33.8 Å². The third-order valence-electron chi connectivity index (χ3n) is 4.44. The number of hydrogen-bond donors (Lipinski definition) is 2. The molecule has 1 atom stereocenters. The maximum atomic E-state index is 12.4. The molecule has 2 N–H and O–H groups in total. The number of likely N-dealkylation sites (tertiary alicyclic amines) is 1. The highest BCUT2D eigenvalue weighted by molar-refractivity contribution is 6.42. The number of nitrogens with one attached hydrogen (secondary N) is 2. The van der Waals surface area contributed by atoms with Crippen LogP contribution < -0.4 is 10.6 Å². The van der Waals surface area contributed by atoms with Crippen molar-refractivity contribution in [1.29, 1.82) is 0 Å². The summed E-state index contributed by atoms with van der Waals surface area (Å²) in [5.41, 5.74) is 0.381. The minimum atomic E-state index is -0.539. The van der Waals surface area contributed by atoms with Gasteiger partial charge in [0.2, 0.25) is 5.91 Å². The molecule has 1 aliphatic heterocycles. The first-order valence-corrected chi connectivity index (χ1v) is 9.58. The largest absolute Gasteiger partial charge is 0.459 e. The van der Waals surface area contributed by atoms with Crippen molar-refractivity contribution in [1.82, 2.24) is 15.5 Å². The van der Waals surface area contributed by atoms with Crippen LogP contribution in [0.5, 0.6) is 0 Å². The molecule has 9 heteroatoms. The summed E-state index contributed by atoms with van der Waals surface area (Å²) >= 11 is 11.7. The van der Waals surface area contributed by atoms with Crippen LogP contribution in [0.25, 0.3) is 0 Å². The average Bonchev–Trinajstić information content (AvgIpc) is 3.38. The summed E-state index contributed by atoms with van der Waals surface area (Å²) < 4.78 is 5.13. The van der Waals surface area contributed by atoms with Crippen molar-refractivity contribution in [2.24, 2.45) is 0 Å². The fourth-order valence-electron chi connectivity index (χ4n) is 3.04. The van der Waals surface area contributed by atoms with E-state index in [9.17, 15) is 14.4 Å². The summed E-state index contributed by atoms with van der Waals surface area (Å²) in [6.45, 7) is 0.987. The van der Waals surface area contributed by atoms with Crippen LogP contribution in [0.4, 0.5) is 0 Å². The lowest BCUT2D eigenvalue weighted by Crippen LogP contribution is -2.47. The Hall–Kier alpha value is -2.51. The molecule has 2 aromatic rings. The molecule has 148 valence electrons. The van der Waals surface area contributed by atoms with Crippen molar-refractivity contribution in [3.8, 4) is 0 Å². The van der Waals surface area contributed by atoms with Gasteiger partial charge >= 0.3 is 0 Å². The number of hydrogen-bond acceptors (Lipinski definition) is 4. The predicted molar refractivity (Wildman–Crippen MR) is 105 cm³/mol. The molecule has 1 saturated heterocycles. The average molecular weight is 424 g/mol. The first-order chi connectivity index (χ1) is 13.5. The minimum absolute atomic E-state index is 0.216. The van der Waals surface area contributed by atoms with Gasteiger partial charge in [0.25, 0.3) is 11.8 Å². The van der Waals surface area contributed by atoms with Gasteiger partial charge in [0, 0.05) is 25.2 Å². The summed E-state index contributed by atoms with van der Waals surface area (Å²) in [5, 5.41) is 6.12. The van der Waals surface area contributed by atoms with E-state index >= 15 is 0 Å². The number of halogens is 2. The van der Waals surface area contributed by atoms with Crippen molar-refractivity contribution in [3.05, 3.63) is 58.0 Å². The quantitative estimate of drug-likeness (QED) is 0.698. The summed E-state index contributed by atoms with van der Waals surface area (Å²) in [7, 11) is 0. The van der Waals surface area contributed by atoms with Crippen LogP contribution in [0.2, 0.25) is 10.0 Å². The maximum Gasteiger partial charge on any atom is 0.290 e. The molecule has 0 radical (unpaired) electrons. The van der Waals surface area contributed by atoms with Gasteiger partial charge in [0.1, 0.15) is 6.04 Å². The van der Waals surface area contributed by atoms with Gasteiger partial charge in [-0.05, 0) is 43.2 Å². The zero-order valence-electron chi connectivity index (χ0n) is 14.9. The molecule has 1 aromatic heterocycles. The molecule has 1 fully saturated rings. The molecule has 3 amide bonds. The van der Waals surface area contributed by atoms with Gasteiger partial charge in [0.15, 0.2) is 5.76 Å². The van der Waals surface area contributed by atoms with E-state index in [0.29, 0.717) is 28.6 Å². The van der Waals surface area contributed by atoms with Crippen LogP contribution in [0, 0.1) is 0 Å². The summed E-state index contributed by atoms with van der Waals surface area (Å²) in [6.07, 6.45) is 2.77. The molecule has 1 unspecified atom stereocenters. The molecule has 28 heavy (non-hydrogen) atoms. The normalized spacial score (nSPS) is 16.1. The Bertz CT molecular complexity index is 870. The zero-order valence-corrected chi connectivity index (χ0v) is 16.4. The Morgan fingerprint density at radius 1 is 1.11 bits per heavy atom. The molecule has 0 aliphatic carbocycles. The van der Waals surface area contributed by atoms with Gasteiger partial charge in [-0.3, -0.25) is 14.4 Å². The maximum absolute atomic E-state index is 12.4. The van der Waals surface area contributed by atoms with E-state index in [1.165, 1.54) is 17.2 Å². The Kier molecular flexibility index (Phi) is 6.59. The fourth-order valence-corrected chi connectivity index (χ4v) is 3.34. The number of carbonyl (C=O) groups excluding carboxylic acids is 3. The van der Waals surface area contributed by atoms with E-state index in [1.807, 2.05) is 0 Å². The van der Waals surface area contributed by atoms with Crippen LogP contribution in [0.15, 0.2) is 41.0 Å². The molecule has 0 saturated carbocycles. The zero-order chi connectivity index (χ0) is 20.1. The van der Waals surface area contributed by atoms with Crippen molar-refractivity contribution >= 4 is 40.9 Å². The Labute approximate surface area is 172 Å². The van der Waals surface area contributed by atoms with Crippen LogP contribution in [-0.4, -0.2) is 48.3 Å². The second-order valence-electron chi connectivity index (χ2n) is 6.31. The van der Waals surface area contributed by atoms with Crippen LogP contribution >= 0.6 is 23.2 Å². The van der Waals surface area contributed by atoms with E-state index in [4.69, 9.17) is 27.6 Å². The number of carbonyl (C=O) groups is 3. The van der Waals surface area contributed by atoms with Gasteiger partial charge in [-0.25, -0.2) is 0 Å². The molecule has 2 heterocycles. The van der Waals surface area contributed by atoms with E-state index in [1.54, 1.807) is 24.3 Å². The Balaban J connectivity index is 1.46. The van der Waals surface area contributed by atoms with E-state index in [2.05, 4.69) is 10.6 Å². The molecule has 1 aliphatic rings. The van der Waals surface area contributed by atoms with Crippen molar-refractivity contribution in [2.45, 2.75) is 18.9 Å². The third-order valence-corrected chi connectivity index (χ3v) is 5.18. The number of furan rings is 1. The lowest BCUT2D eigenvalue weighted by molar-refractivity contribution is -0.124. The monoisotopic (exact) mass is 423 g/mol. The lowest BCUT2D eigenvalue weighted by Gasteiger charge is -2.23. The highest BCUT2D eigenvalue weighted by Gasteiger charge is 2.35. The number of amides is 3. The van der Waals surface area contributed by atoms with Crippen LogP contribution in [0.3, 0.4) is 0 Å². The fraction of sp³-hybridized carbons (Fsp3) is 0.316. The second kappa shape index (κ2) is 9.12. The van der Waals surface area contributed by atoms with Crippen molar-refractivity contribution in [3.63, 3.8) is 0 Å². The first-order valence-electron chi connectivity index (χ1n) is 8.83. The van der Waals surface area contributed by atoms with Gasteiger partial charge in [-0.15, -0.1) is 0 Å². The second-order valence-corrected chi connectivity index (χ2v) is 7.12. The predicted octanol–water partition coefficient (Wildman–Crippen LogP) is 2.74. The number of rotatable bonds is 6.